The van der Waals surface area contributed by atoms with Crippen LogP contribution in [-0.2, 0) is 33.4 Å². The predicted molar refractivity (Wildman–Crippen MR) is 175 cm³/mol. The molecule has 8 aliphatic rings. The first-order chi connectivity index (χ1) is 22.6. The number of fused-ring (bicyclic) bond motifs is 10. The van der Waals surface area contributed by atoms with Crippen molar-refractivity contribution in [2.24, 2.45) is 58.2 Å². The predicted octanol–water partition coefficient (Wildman–Crippen LogP) is 7.11. The van der Waals surface area contributed by atoms with E-state index in [9.17, 15) is 19.2 Å². The highest BCUT2D eigenvalue weighted by Crippen LogP contribution is 2.64. The molecule has 8 aliphatic carbocycles. The molecule has 12 atom stereocenters. The summed E-state index contributed by atoms with van der Waals surface area (Å²) < 4.78 is 17.8. The minimum Gasteiger partial charge on any atom is -0.460 e. The average molecular weight is 647 g/mol. The van der Waals surface area contributed by atoms with Gasteiger partial charge in [-0.2, -0.15) is 0 Å². The molecule has 47 heavy (non-hydrogen) atoms. The Balaban J connectivity index is 0.807. The summed E-state index contributed by atoms with van der Waals surface area (Å²) in [5, 5.41) is 0. The first kappa shape index (κ1) is 32.0. The molecule has 6 saturated carbocycles. The van der Waals surface area contributed by atoms with Crippen LogP contribution in [0.4, 0.5) is 0 Å². The van der Waals surface area contributed by atoms with Crippen LogP contribution < -0.4 is 0 Å². The second-order valence-corrected chi connectivity index (χ2v) is 17.3. The highest BCUT2D eigenvalue weighted by Gasteiger charge is 2.59. The molecule has 0 aromatic rings. The Kier molecular flexibility index (Phi) is 8.33. The van der Waals surface area contributed by atoms with Gasteiger partial charge in [0.25, 0.3) is 0 Å². The number of hydrogen-bond acceptors (Lipinski definition) is 7. The van der Waals surface area contributed by atoms with Gasteiger partial charge in [0.05, 0.1) is 0 Å². The first-order valence-corrected chi connectivity index (χ1v) is 19.1. The summed E-state index contributed by atoms with van der Waals surface area (Å²) in [7, 11) is 0. The molecule has 0 radical (unpaired) electrons. The Morgan fingerprint density at radius 3 is 1.49 bits per heavy atom. The molecular weight excluding hydrogens is 592 g/mol. The van der Waals surface area contributed by atoms with E-state index in [1.807, 2.05) is 12.2 Å². The van der Waals surface area contributed by atoms with E-state index in [1.54, 1.807) is 0 Å². The summed E-state index contributed by atoms with van der Waals surface area (Å²) in [6.07, 6.45) is 19.9. The zero-order valence-electron chi connectivity index (χ0n) is 28.5. The van der Waals surface area contributed by atoms with Crippen LogP contribution in [0.25, 0.3) is 0 Å². The van der Waals surface area contributed by atoms with Crippen LogP contribution in [0, 0.1) is 58.2 Å². The van der Waals surface area contributed by atoms with Crippen LogP contribution in [0.3, 0.4) is 0 Å². The van der Waals surface area contributed by atoms with Crippen LogP contribution in [0.5, 0.6) is 0 Å². The summed E-state index contributed by atoms with van der Waals surface area (Å²) in [4.78, 5) is 50.0. The molecule has 0 aliphatic heterocycles. The Morgan fingerprint density at radius 1 is 0.596 bits per heavy atom. The first-order valence-electron chi connectivity index (χ1n) is 19.1. The molecule has 6 fully saturated rings. The lowest BCUT2D eigenvalue weighted by Crippen LogP contribution is -2.48. The monoisotopic (exact) mass is 646 g/mol. The van der Waals surface area contributed by atoms with E-state index in [1.165, 1.54) is 11.1 Å². The number of carbonyl (C=O) groups excluding carboxylic acids is 4. The smallest absolute Gasteiger partial charge is 0.332 e. The molecule has 0 heterocycles. The van der Waals surface area contributed by atoms with Crippen molar-refractivity contribution in [2.75, 3.05) is 13.2 Å². The Morgan fingerprint density at radius 2 is 1.04 bits per heavy atom. The van der Waals surface area contributed by atoms with E-state index in [0.717, 1.165) is 89.9 Å². The quantitative estimate of drug-likeness (QED) is 0.284. The van der Waals surface area contributed by atoms with E-state index in [0.29, 0.717) is 71.8 Å². The molecule has 256 valence electrons. The van der Waals surface area contributed by atoms with Gasteiger partial charge in [-0.25, -0.2) is 9.59 Å². The molecule has 0 bridgehead atoms. The molecule has 0 aromatic heterocycles. The van der Waals surface area contributed by atoms with Crippen molar-refractivity contribution in [2.45, 2.75) is 129 Å². The number of hydrogen-bond donors (Lipinski definition) is 0. The number of allylic oxidation sites excluding steroid dienone is 2. The fraction of sp³-hybridized carbons (Fsp3) is 0.800. The molecule has 0 saturated heterocycles. The van der Waals surface area contributed by atoms with E-state index in [4.69, 9.17) is 14.2 Å². The SMILES string of the molecule is C[C@]12CCC3C(CCC4=CC(=O)CC[C@@H]43)C1CC[C@@H]2OC(=O)COCC(=O)O[C@H]1CCC2C3CCC4=CC(=O)CC[C@@H]4C3CC[C@@]21C. The number of ketones is 2. The highest BCUT2D eigenvalue weighted by molar-refractivity contribution is 5.91. The zero-order chi connectivity index (χ0) is 32.5. The van der Waals surface area contributed by atoms with E-state index in [-0.39, 0.29) is 48.2 Å². The lowest BCUT2D eigenvalue weighted by atomic mass is 9.52. The van der Waals surface area contributed by atoms with Crippen molar-refractivity contribution < 1.29 is 33.4 Å². The maximum Gasteiger partial charge on any atom is 0.332 e. The third kappa shape index (κ3) is 5.49. The molecule has 7 nitrogen and oxygen atoms in total. The molecule has 0 N–H and O–H groups in total. The third-order valence-corrected chi connectivity index (χ3v) is 15.4. The maximum atomic E-state index is 13.0. The normalized spacial score (nSPS) is 45.2. The van der Waals surface area contributed by atoms with E-state index >= 15 is 0 Å². The van der Waals surface area contributed by atoms with Crippen LogP contribution in [0.1, 0.15) is 117 Å². The Labute approximate surface area is 280 Å². The van der Waals surface area contributed by atoms with Gasteiger partial charge in [-0.15, -0.1) is 0 Å². The van der Waals surface area contributed by atoms with E-state index < -0.39 is 0 Å². The van der Waals surface area contributed by atoms with Gasteiger partial charge in [0.2, 0.25) is 0 Å². The minimum atomic E-state index is -0.382. The number of esters is 2. The molecule has 0 amide bonds. The molecule has 7 heteroatoms. The maximum absolute atomic E-state index is 13.0. The second-order valence-electron chi connectivity index (χ2n) is 17.3. The van der Waals surface area contributed by atoms with Gasteiger partial charge in [-0.3, -0.25) is 9.59 Å². The standard InChI is InChI=1S/C40H54O7/c1-39-17-15-29-27-9-5-25(41)19-23(27)3-7-31(29)33(39)11-13-35(39)46-37(43)21-45-22-38(44)47-36-14-12-34-32-8-4-24-20-26(42)6-10-28(24)30(32)16-18-40(34,36)2/h19-20,27-36H,3-18,21-22H2,1-2H3/t27-,28-,29?,30?,31?,32?,33?,34?,35-,36-,39-,40-/m0/s1. The highest BCUT2D eigenvalue weighted by atomic mass is 16.6. The van der Waals surface area contributed by atoms with Crippen molar-refractivity contribution in [3.05, 3.63) is 23.3 Å². The summed E-state index contributed by atoms with van der Waals surface area (Å²) in [5.41, 5.74) is 2.77. The van der Waals surface area contributed by atoms with Gasteiger partial charge < -0.3 is 14.2 Å². The third-order valence-electron chi connectivity index (χ3n) is 15.4. The second kappa shape index (κ2) is 12.2. The van der Waals surface area contributed by atoms with Crippen LogP contribution >= 0.6 is 0 Å². The zero-order valence-corrected chi connectivity index (χ0v) is 28.5. The van der Waals surface area contributed by atoms with Gasteiger partial charge in [-0.05, 0) is 149 Å². The van der Waals surface area contributed by atoms with Crippen LogP contribution in [0.15, 0.2) is 23.3 Å². The number of carbonyl (C=O) groups is 4. The number of ether oxygens (including phenoxy) is 3. The topological polar surface area (TPSA) is 96.0 Å². The average Bonchev–Trinajstić information content (AvgIpc) is 3.56. The minimum absolute atomic E-state index is 0.0144. The summed E-state index contributed by atoms with van der Waals surface area (Å²) in [5.74, 6) is 4.72. The van der Waals surface area contributed by atoms with E-state index in [2.05, 4.69) is 13.8 Å². The largest absolute Gasteiger partial charge is 0.460 e. The molecule has 6 unspecified atom stereocenters. The van der Waals surface area contributed by atoms with Gasteiger partial charge in [0.1, 0.15) is 25.4 Å². The summed E-state index contributed by atoms with van der Waals surface area (Å²) in [6, 6.07) is 0. The van der Waals surface area contributed by atoms with Crippen molar-refractivity contribution in [1.29, 1.82) is 0 Å². The van der Waals surface area contributed by atoms with Gasteiger partial charge >= 0.3 is 11.9 Å². The van der Waals surface area contributed by atoms with Crippen molar-refractivity contribution in [3.8, 4) is 0 Å². The van der Waals surface area contributed by atoms with Crippen molar-refractivity contribution in [1.82, 2.24) is 0 Å². The van der Waals surface area contributed by atoms with Crippen molar-refractivity contribution >= 4 is 23.5 Å². The van der Waals surface area contributed by atoms with Crippen LogP contribution in [0.2, 0.25) is 0 Å². The van der Waals surface area contributed by atoms with Gasteiger partial charge in [0, 0.05) is 23.7 Å². The molecule has 0 spiro atoms. The fourth-order valence-corrected chi connectivity index (χ4v) is 13.3. The Bertz CT molecular complexity index is 1280. The number of rotatable bonds is 6. The van der Waals surface area contributed by atoms with Crippen molar-refractivity contribution in [3.63, 3.8) is 0 Å². The molecule has 0 aromatic carbocycles. The van der Waals surface area contributed by atoms with Gasteiger partial charge in [-0.1, -0.05) is 25.0 Å². The van der Waals surface area contributed by atoms with Gasteiger partial charge in [0.15, 0.2) is 11.6 Å². The Hall–Kier alpha value is -2.28. The molecule has 8 rings (SSSR count). The van der Waals surface area contributed by atoms with Crippen LogP contribution in [-0.4, -0.2) is 48.9 Å². The molecular formula is C40H54O7. The lowest BCUT2D eigenvalue weighted by molar-refractivity contribution is -0.170. The fourth-order valence-electron chi connectivity index (χ4n) is 13.3. The summed E-state index contributed by atoms with van der Waals surface area (Å²) >= 11 is 0. The summed E-state index contributed by atoms with van der Waals surface area (Å²) in [6.45, 7) is 4.21. The lowest BCUT2D eigenvalue weighted by Gasteiger charge is -2.53.